The zero-order chi connectivity index (χ0) is 22.9. The molecule has 0 N–H and O–H groups in total. The Hall–Kier alpha value is -2.92. The molecule has 1 aromatic heterocycles. The van der Waals surface area contributed by atoms with Crippen molar-refractivity contribution in [1.29, 1.82) is 0 Å². The normalized spacial score (nSPS) is 16.3. The number of piperidine rings is 1. The van der Waals surface area contributed by atoms with Crippen LogP contribution in [0.1, 0.15) is 24.3 Å². The molecule has 170 valence electrons. The number of hydrogen-bond donors (Lipinski definition) is 0. The van der Waals surface area contributed by atoms with Gasteiger partial charge in [0.05, 0.1) is 16.4 Å². The summed E-state index contributed by atoms with van der Waals surface area (Å²) >= 11 is 0. The molecule has 32 heavy (non-hydrogen) atoms. The highest BCUT2D eigenvalue weighted by Gasteiger charge is 2.35. The molecule has 3 aromatic rings. The Morgan fingerprint density at radius 3 is 2.53 bits per heavy atom. The fourth-order valence-corrected chi connectivity index (χ4v) is 5.06. The molecular weight excluding hydrogens is 449 g/mol. The van der Waals surface area contributed by atoms with E-state index in [2.05, 4.69) is 4.98 Å². The smallest absolute Gasteiger partial charge is 0.416 e. The highest BCUT2D eigenvalue weighted by Crippen LogP contribution is 2.32. The number of carbonyl (C=O) groups is 1. The number of nitrogens with zero attached hydrogens (tertiary/aromatic N) is 2. The van der Waals surface area contributed by atoms with Crippen LogP contribution in [0, 0.1) is 5.92 Å². The van der Waals surface area contributed by atoms with Crippen LogP contribution < -0.4 is 0 Å². The molecule has 1 saturated heterocycles. The first kappa shape index (κ1) is 22.3. The summed E-state index contributed by atoms with van der Waals surface area (Å²) in [5, 5.41) is 0. The molecule has 11 heteroatoms. The van der Waals surface area contributed by atoms with Crippen molar-refractivity contribution in [2.45, 2.75) is 30.5 Å². The van der Waals surface area contributed by atoms with Crippen molar-refractivity contribution >= 4 is 27.1 Å². The maximum absolute atomic E-state index is 12.9. The SMILES string of the molecule is O=C(OCc1nc2ccccc2o1)C1CCN(S(=O)(=O)c2cccc(C(F)(F)F)c2)CC1. The van der Waals surface area contributed by atoms with Gasteiger partial charge >= 0.3 is 12.1 Å². The minimum atomic E-state index is -4.64. The van der Waals surface area contributed by atoms with Crippen molar-refractivity contribution < 1.29 is 35.5 Å². The number of halogens is 3. The van der Waals surface area contributed by atoms with E-state index in [1.165, 1.54) is 0 Å². The number of ether oxygens (including phenoxy) is 1. The highest BCUT2D eigenvalue weighted by molar-refractivity contribution is 7.89. The monoisotopic (exact) mass is 468 g/mol. The van der Waals surface area contributed by atoms with Crippen LogP contribution >= 0.6 is 0 Å². The molecule has 0 spiro atoms. The standard InChI is InChI=1S/C21H19F3N2O5S/c22-21(23,24)15-4-3-5-16(12-15)32(28,29)26-10-8-14(9-11-26)20(27)30-13-19-25-17-6-1-2-7-18(17)31-19/h1-7,12,14H,8-11,13H2. The number of para-hydroxylation sites is 2. The van der Waals surface area contributed by atoms with Gasteiger partial charge in [0.1, 0.15) is 5.52 Å². The van der Waals surface area contributed by atoms with Gasteiger partial charge in [-0.1, -0.05) is 18.2 Å². The van der Waals surface area contributed by atoms with Crippen molar-refractivity contribution in [2.75, 3.05) is 13.1 Å². The second-order valence-corrected chi connectivity index (χ2v) is 9.32. The molecule has 2 aromatic carbocycles. The summed E-state index contributed by atoms with van der Waals surface area (Å²) in [5.74, 6) is -0.764. The predicted molar refractivity (Wildman–Crippen MR) is 107 cm³/mol. The van der Waals surface area contributed by atoms with E-state index in [1.807, 2.05) is 6.07 Å². The minimum Gasteiger partial charge on any atom is -0.455 e. The van der Waals surface area contributed by atoms with E-state index in [0.717, 1.165) is 22.5 Å². The van der Waals surface area contributed by atoms with E-state index >= 15 is 0 Å². The molecule has 0 unspecified atom stereocenters. The molecular formula is C21H19F3N2O5S. The Balaban J connectivity index is 1.35. The zero-order valence-electron chi connectivity index (χ0n) is 16.7. The highest BCUT2D eigenvalue weighted by atomic mass is 32.2. The first-order chi connectivity index (χ1) is 15.1. The van der Waals surface area contributed by atoms with Crippen LogP contribution in [0.5, 0.6) is 0 Å². The Morgan fingerprint density at radius 1 is 1.12 bits per heavy atom. The van der Waals surface area contributed by atoms with Crippen molar-refractivity contribution in [3.8, 4) is 0 Å². The summed E-state index contributed by atoms with van der Waals surface area (Å²) in [4.78, 5) is 16.2. The molecule has 4 rings (SSSR count). The number of carbonyl (C=O) groups excluding carboxylic acids is 1. The average Bonchev–Trinajstić information content (AvgIpc) is 3.20. The van der Waals surface area contributed by atoms with Gasteiger partial charge in [-0.2, -0.15) is 17.5 Å². The van der Waals surface area contributed by atoms with Gasteiger partial charge in [0.2, 0.25) is 15.9 Å². The molecule has 1 fully saturated rings. The summed E-state index contributed by atoms with van der Waals surface area (Å²) in [5.41, 5.74) is 0.189. The molecule has 0 aliphatic carbocycles. The lowest BCUT2D eigenvalue weighted by Crippen LogP contribution is -2.40. The van der Waals surface area contributed by atoms with Gasteiger partial charge in [-0.15, -0.1) is 0 Å². The van der Waals surface area contributed by atoms with Crippen LogP contribution in [0.3, 0.4) is 0 Å². The van der Waals surface area contributed by atoms with Crippen LogP contribution in [-0.4, -0.2) is 36.8 Å². The third-order valence-corrected chi connectivity index (χ3v) is 7.16. The van der Waals surface area contributed by atoms with Crippen LogP contribution in [-0.2, 0) is 32.3 Å². The number of oxazole rings is 1. The van der Waals surface area contributed by atoms with Gasteiger partial charge in [-0.3, -0.25) is 4.79 Å². The first-order valence-corrected chi connectivity index (χ1v) is 11.3. The van der Waals surface area contributed by atoms with Crippen molar-refractivity contribution in [3.05, 3.63) is 60.0 Å². The van der Waals surface area contributed by atoms with Gasteiger partial charge in [0.15, 0.2) is 12.2 Å². The van der Waals surface area contributed by atoms with Crippen LogP contribution in [0.2, 0.25) is 0 Å². The van der Waals surface area contributed by atoms with E-state index < -0.39 is 38.5 Å². The number of hydrogen-bond acceptors (Lipinski definition) is 6. The third-order valence-electron chi connectivity index (χ3n) is 5.26. The lowest BCUT2D eigenvalue weighted by atomic mass is 9.98. The number of esters is 1. The summed E-state index contributed by atoms with van der Waals surface area (Å²) in [7, 11) is -4.11. The molecule has 1 aliphatic heterocycles. The zero-order valence-corrected chi connectivity index (χ0v) is 17.5. The first-order valence-electron chi connectivity index (χ1n) is 9.83. The third kappa shape index (κ3) is 4.63. The van der Waals surface area contributed by atoms with Crippen LogP contribution in [0.15, 0.2) is 57.8 Å². The van der Waals surface area contributed by atoms with Gasteiger partial charge in [0.25, 0.3) is 0 Å². The average molecular weight is 468 g/mol. The van der Waals surface area contributed by atoms with Crippen molar-refractivity contribution in [1.82, 2.24) is 9.29 Å². The van der Waals surface area contributed by atoms with E-state index in [0.29, 0.717) is 17.2 Å². The number of aromatic nitrogens is 1. The van der Waals surface area contributed by atoms with E-state index in [1.54, 1.807) is 18.2 Å². The number of benzene rings is 2. The Kier molecular flexibility index (Phi) is 5.95. The van der Waals surface area contributed by atoms with E-state index in [-0.39, 0.29) is 38.4 Å². The molecule has 0 atom stereocenters. The van der Waals surface area contributed by atoms with Gasteiger partial charge in [0, 0.05) is 13.1 Å². The molecule has 0 radical (unpaired) electrons. The topological polar surface area (TPSA) is 89.7 Å². The number of alkyl halides is 3. The quantitative estimate of drug-likeness (QED) is 0.526. The van der Waals surface area contributed by atoms with Crippen molar-refractivity contribution in [2.24, 2.45) is 5.92 Å². The van der Waals surface area contributed by atoms with Crippen molar-refractivity contribution in [3.63, 3.8) is 0 Å². The summed E-state index contributed by atoms with van der Waals surface area (Å²) in [6.45, 7) is -0.140. The molecule has 0 bridgehead atoms. The van der Waals surface area contributed by atoms with Crippen LogP contribution in [0.25, 0.3) is 11.1 Å². The van der Waals surface area contributed by atoms with Gasteiger partial charge in [-0.25, -0.2) is 13.4 Å². The largest absolute Gasteiger partial charge is 0.455 e. The van der Waals surface area contributed by atoms with E-state index in [9.17, 15) is 26.4 Å². The second kappa shape index (κ2) is 8.55. The molecule has 0 saturated carbocycles. The Morgan fingerprint density at radius 2 is 1.84 bits per heavy atom. The minimum absolute atomic E-state index is 0.00122. The van der Waals surface area contributed by atoms with Crippen LogP contribution in [0.4, 0.5) is 13.2 Å². The predicted octanol–water partition coefficient (Wildman–Crippen LogP) is 3.99. The second-order valence-electron chi connectivity index (χ2n) is 7.39. The Bertz CT molecular complexity index is 1200. The Labute approximate surface area is 181 Å². The number of fused-ring (bicyclic) bond motifs is 1. The lowest BCUT2D eigenvalue weighted by molar-refractivity contribution is -0.151. The lowest BCUT2D eigenvalue weighted by Gasteiger charge is -2.30. The van der Waals surface area contributed by atoms with E-state index in [4.69, 9.17) is 9.15 Å². The summed E-state index contributed by atoms with van der Waals surface area (Å²) in [6.07, 6.45) is -4.24. The molecule has 1 aliphatic rings. The maximum atomic E-state index is 12.9. The molecule has 2 heterocycles. The van der Waals surface area contributed by atoms with Gasteiger partial charge < -0.3 is 9.15 Å². The number of sulfonamides is 1. The van der Waals surface area contributed by atoms with Gasteiger partial charge in [-0.05, 0) is 43.2 Å². The maximum Gasteiger partial charge on any atom is 0.416 e. The summed E-state index contributed by atoms with van der Waals surface area (Å²) in [6, 6.07) is 10.7. The summed E-state index contributed by atoms with van der Waals surface area (Å²) < 4.78 is 76.1. The number of rotatable bonds is 5. The molecule has 0 amide bonds. The fraction of sp³-hybridized carbons (Fsp3) is 0.333. The molecule has 7 nitrogen and oxygen atoms in total. The fourth-order valence-electron chi connectivity index (χ4n) is 3.55.